The molecule has 1 saturated carbocycles. The first-order valence-corrected chi connectivity index (χ1v) is 11.0. The number of benzene rings is 2. The zero-order chi connectivity index (χ0) is 24.3. The van der Waals surface area contributed by atoms with Crippen LogP contribution in [0, 0.1) is 17.6 Å². The van der Waals surface area contributed by atoms with E-state index in [0.29, 0.717) is 11.3 Å². The lowest BCUT2D eigenvalue weighted by Crippen LogP contribution is -2.37. The highest BCUT2D eigenvalue weighted by molar-refractivity contribution is 5.91. The first kappa shape index (κ1) is 24.5. The van der Waals surface area contributed by atoms with Crippen LogP contribution in [0.2, 0.25) is 0 Å². The van der Waals surface area contributed by atoms with Gasteiger partial charge in [-0.05, 0) is 68.9 Å². The van der Waals surface area contributed by atoms with Crippen molar-refractivity contribution >= 4 is 23.4 Å². The van der Waals surface area contributed by atoms with Gasteiger partial charge in [-0.1, -0.05) is 31.0 Å². The lowest BCUT2D eigenvalue weighted by Gasteiger charge is -2.31. The fraction of sp³-hybridized carbons (Fsp3) is 0.440. The van der Waals surface area contributed by atoms with Crippen molar-refractivity contribution in [1.29, 1.82) is 0 Å². The van der Waals surface area contributed by atoms with E-state index in [1.165, 1.54) is 4.90 Å². The van der Waals surface area contributed by atoms with Crippen LogP contribution in [-0.4, -0.2) is 22.8 Å². The molecule has 2 aromatic rings. The zero-order valence-corrected chi connectivity index (χ0v) is 19.1. The maximum absolute atomic E-state index is 14.1. The van der Waals surface area contributed by atoms with Crippen molar-refractivity contribution in [2.45, 2.75) is 64.5 Å². The van der Waals surface area contributed by atoms with Gasteiger partial charge in [0.05, 0.1) is 18.2 Å². The van der Waals surface area contributed by atoms with Crippen molar-refractivity contribution < 1.29 is 28.2 Å². The maximum atomic E-state index is 14.1. The fourth-order valence-corrected chi connectivity index (χ4v) is 4.35. The minimum Gasteiger partial charge on any atom is -0.481 e. The molecule has 0 spiro atoms. The minimum atomic E-state index is -0.969. The Hall–Kier alpha value is -3.16. The van der Waals surface area contributed by atoms with Crippen LogP contribution in [0.15, 0.2) is 36.4 Å². The Morgan fingerprint density at radius 1 is 1.15 bits per heavy atom. The molecule has 0 heterocycles. The molecule has 1 aliphatic rings. The van der Waals surface area contributed by atoms with Gasteiger partial charge in [0, 0.05) is 0 Å². The lowest BCUT2D eigenvalue weighted by atomic mass is 9.83. The molecule has 6 nitrogen and oxygen atoms in total. The number of para-hydroxylation sites is 1. The average molecular weight is 461 g/mol. The average Bonchev–Trinajstić information content (AvgIpc) is 3.23. The van der Waals surface area contributed by atoms with Crippen molar-refractivity contribution in [3.05, 3.63) is 59.2 Å². The summed E-state index contributed by atoms with van der Waals surface area (Å²) in [5.41, 5.74) is 4.91. The number of carboxylic acids is 1. The van der Waals surface area contributed by atoms with Gasteiger partial charge in [-0.25, -0.2) is 13.6 Å². The van der Waals surface area contributed by atoms with Gasteiger partial charge >= 0.3 is 12.1 Å². The number of hydrogen-bond donors (Lipinski definition) is 2. The van der Waals surface area contributed by atoms with Gasteiger partial charge in [0.25, 0.3) is 0 Å². The Balaban J connectivity index is 2.09. The third-order valence-corrected chi connectivity index (χ3v) is 5.79. The van der Waals surface area contributed by atoms with Gasteiger partial charge < -0.3 is 15.6 Å². The van der Waals surface area contributed by atoms with Crippen molar-refractivity contribution in [3.63, 3.8) is 0 Å². The standard InChI is InChI=1S/C25H30F2N2O4/c1-25(2,3)33-24(32)29(14-15-12-18(26)22(28)19(27)13-15)20-11-7-6-10-17(20)21(23(30)31)16-8-4-5-9-16/h6-7,10-13,16,21H,4-5,8-9,14,28H2,1-3H3,(H,30,31)/t21-/m0/s1. The van der Waals surface area contributed by atoms with E-state index in [1.54, 1.807) is 45.0 Å². The molecule has 0 saturated heterocycles. The second-order valence-electron chi connectivity index (χ2n) is 9.46. The van der Waals surface area contributed by atoms with E-state index < -0.39 is 40.9 Å². The summed E-state index contributed by atoms with van der Waals surface area (Å²) < 4.78 is 33.8. The normalized spacial score (nSPS) is 15.3. The number of hydrogen-bond acceptors (Lipinski definition) is 4. The van der Waals surface area contributed by atoms with Gasteiger partial charge in [-0.15, -0.1) is 0 Å². The van der Waals surface area contributed by atoms with E-state index >= 15 is 0 Å². The molecule has 0 aliphatic heterocycles. The highest BCUT2D eigenvalue weighted by Gasteiger charge is 2.36. The summed E-state index contributed by atoms with van der Waals surface area (Å²) in [5, 5.41) is 10.1. The molecule has 0 unspecified atom stereocenters. The Morgan fingerprint density at radius 3 is 2.27 bits per heavy atom. The number of halogens is 2. The first-order valence-electron chi connectivity index (χ1n) is 11.0. The third-order valence-electron chi connectivity index (χ3n) is 5.79. The number of amides is 1. The van der Waals surface area contributed by atoms with Crippen molar-refractivity contribution in [2.24, 2.45) is 5.92 Å². The highest BCUT2D eigenvalue weighted by Crippen LogP contribution is 2.41. The van der Waals surface area contributed by atoms with E-state index in [-0.39, 0.29) is 18.0 Å². The highest BCUT2D eigenvalue weighted by atomic mass is 19.1. The van der Waals surface area contributed by atoms with Gasteiger partial charge in [-0.2, -0.15) is 0 Å². The quantitative estimate of drug-likeness (QED) is 0.528. The molecule has 8 heteroatoms. The van der Waals surface area contributed by atoms with Crippen LogP contribution in [0.4, 0.5) is 25.0 Å². The van der Waals surface area contributed by atoms with Crippen molar-refractivity contribution in [1.82, 2.24) is 0 Å². The van der Waals surface area contributed by atoms with Crippen LogP contribution >= 0.6 is 0 Å². The van der Waals surface area contributed by atoms with E-state index in [2.05, 4.69) is 0 Å². The fourth-order valence-electron chi connectivity index (χ4n) is 4.35. The summed E-state index contributed by atoms with van der Waals surface area (Å²) in [7, 11) is 0. The Kier molecular flexibility index (Phi) is 7.25. The smallest absolute Gasteiger partial charge is 0.415 e. The molecule has 1 amide bonds. The van der Waals surface area contributed by atoms with E-state index in [9.17, 15) is 23.5 Å². The Morgan fingerprint density at radius 2 is 1.73 bits per heavy atom. The van der Waals surface area contributed by atoms with Crippen LogP contribution in [0.5, 0.6) is 0 Å². The van der Waals surface area contributed by atoms with Gasteiger partial charge in [0.2, 0.25) is 0 Å². The van der Waals surface area contributed by atoms with Crippen molar-refractivity contribution in [2.75, 3.05) is 10.6 Å². The molecule has 0 aromatic heterocycles. The minimum absolute atomic E-state index is 0.0597. The van der Waals surface area contributed by atoms with E-state index in [4.69, 9.17) is 10.5 Å². The van der Waals surface area contributed by atoms with Crippen LogP contribution in [0.25, 0.3) is 0 Å². The van der Waals surface area contributed by atoms with E-state index in [0.717, 1.165) is 37.8 Å². The summed E-state index contributed by atoms with van der Waals surface area (Å²) in [5.74, 6) is -3.71. The van der Waals surface area contributed by atoms with Crippen LogP contribution in [-0.2, 0) is 16.1 Å². The summed E-state index contributed by atoms with van der Waals surface area (Å²) in [4.78, 5) is 26.7. The second-order valence-corrected chi connectivity index (χ2v) is 9.46. The number of nitrogens with two attached hydrogens (primary N) is 1. The second kappa shape index (κ2) is 9.77. The number of carbonyl (C=O) groups is 2. The summed E-state index contributed by atoms with van der Waals surface area (Å²) in [6.45, 7) is 4.89. The van der Waals surface area contributed by atoms with E-state index in [1.807, 2.05) is 0 Å². The molecule has 33 heavy (non-hydrogen) atoms. The van der Waals surface area contributed by atoms with Crippen LogP contribution in [0.1, 0.15) is 63.5 Å². The number of ether oxygens (including phenoxy) is 1. The molecule has 1 aliphatic carbocycles. The molecular weight excluding hydrogens is 430 g/mol. The van der Waals surface area contributed by atoms with Gasteiger partial charge in [0.1, 0.15) is 22.9 Å². The number of carbonyl (C=O) groups excluding carboxylic acids is 1. The lowest BCUT2D eigenvalue weighted by molar-refractivity contribution is -0.140. The number of nitrogen functional groups attached to an aromatic ring is 1. The number of nitrogens with zero attached hydrogens (tertiary/aromatic N) is 1. The molecule has 3 rings (SSSR count). The summed E-state index contributed by atoms with van der Waals surface area (Å²) >= 11 is 0. The van der Waals surface area contributed by atoms with Crippen LogP contribution < -0.4 is 10.6 Å². The predicted molar refractivity (Wildman–Crippen MR) is 122 cm³/mol. The van der Waals surface area contributed by atoms with Gasteiger partial charge in [-0.3, -0.25) is 9.69 Å². The van der Waals surface area contributed by atoms with Gasteiger partial charge in [0.15, 0.2) is 0 Å². The summed E-state index contributed by atoms with van der Waals surface area (Å²) in [6.07, 6.45) is 2.73. The SMILES string of the molecule is CC(C)(C)OC(=O)N(Cc1cc(F)c(N)c(F)c1)c1ccccc1[C@@H](C(=O)O)C1CCCC1. The number of aliphatic carboxylic acids is 1. The summed E-state index contributed by atoms with van der Waals surface area (Å²) in [6, 6.07) is 8.85. The first-order chi connectivity index (χ1) is 15.5. The molecule has 0 bridgehead atoms. The van der Waals surface area contributed by atoms with Crippen LogP contribution in [0.3, 0.4) is 0 Å². The molecule has 1 atom stereocenters. The molecular formula is C25H30F2N2O4. The largest absolute Gasteiger partial charge is 0.481 e. The van der Waals surface area contributed by atoms with Crippen molar-refractivity contribution in [3.8, 4) is 0 Å². The Labute approximate surface area is 192 Å². The topological polar surface area (TPSA) is 92.9 Å². The zero-order valence-electron chi connectivity index (χ0n) is 19.1. The predicted octanol–water partition coefficient (Wildman–Crippen LogP) is 5.85. The number of anilines is 2. The molecule has 1 fully saturated rings. The molecule has 0 radical (unpaired) electrons. The molecule has 3 N–H and O–H groups in total. The molecule has 178 valence electrons. The third kappa shape index (κ3) is 5.80. The Bertz CT molecular complexity index is 1010. The number of carboxylic acid groups (broad SMARTS) is 1. The monoisotopic (exact) mass is 460 g/mol. The maximum Gasteiger partial charge on any atom is 0.415 e. The molecule has 2 aromatic carbocycles. The number of rotatable bonds is 6.